The molecular formula is C28H27FN2O2. The van der Waals surface area contributed by atoms with Crippen LogP contribution >= 0.6 is 0 Å². The number of anilines is 1. The third-order valence-corrected chi connectivity index (χ3v) is 5.79. The molecule has 1 aliphatic heterocycles. The van der Waals surface area contributed by atoms with Gasteiger partial charge in [-0.1, -0.05) is 75.4 Å². The minimum atomic E-state index is -0.360. The fraction of sp³-hybridized carbons (Fsp3) is 0.214. The van der Waals surface area contributed by atoms with Crippen molar-refractivity contribution in [1.29, 1.82) is 0 Å². The SMILES string of the molecule is CC(C)(C)c1ccc(NC2=C(c3ccccc3)C(=O)N(CCc3ccc(F)cc3)C2=O)cc1. The van der Waals surface area contributed by atoms with Crippen LogP contribution in [0, 0.1) is 5.82 Å². The first-order valence-corrected chi connectivity index (χ1v) is 11.0. The van der Waals surface area contributed by atoms with Crippen LogP contribution in [0.15, 0.2) is 84.6 Å². The molecule has 4 rings (SSSR count). The Bertz CT molecular complexity index is 1190. The molecule has 0 aliphatic carbocycles. The van der Waals surface area contributed by atoms with E-state index in [4.69, 9.17) is 0 Å². The number of amides is 2. The number of hydrogen-bond acceptors (Lipinski definition) is 3. The number of rotatable bonds is 6. The van der Waals surface area contributed by atoms with E-state index in [2.05, 4.69) is 26.1 Å². The highest BCUT2D eigenvalue weighted by atomic mass is 19.1. The first-order chi connectivity index (χ1) is 15.7. The van der Waals surface area contributed by atoms with Gasteiger partial charge in [-0.15, -0.1) is 0 Å². The summed E-state index contributed by atoms with van der Waals surface area (Å²) in [6.07, 6.45) is 0.452. The molecule has 0 bridgehead atoms. The van der Waals surface area contributed by atoms with E-state index >= 15 is 0 Å². The predicted octanol–water partition coefficient (Wildman–Crippen LogP) is 5.56. The van der Waals surface area contributed by atoms with Crippen molar-refractivity contribution < 1.29 is 14.0 Å². The third-order valence-electron chi connectivity index (χ3n) is 5.79. The van der Waals surface area contributed by atoms with Gasteiger partial charge in [0.2, 0.25) is 0 Å². The van der Waals surface area contributed by atoms with E-state index in [0.29, 0.717) is 17.6 Å². The van der Waals surface area contributed by atoms with E-state index in [-0.39, 0.29) is 35.3 Å². The zero-order chi connectivity index (χ0) is 23.6. The molecule has 1 aliphatic rings. The standard InChI is InChI=1S/C28H27FN2O2/c1-28(2,3)21-11-15-23(16-12-21)30-25-24(20-7-5-4-6-8-20)26(32)31(27(25)33)18-17-19-9-13-22(29)14-10-19/h4-16,30H,17-18H2,1-3H3. The van der Waals surface area contributed by atoms with Crippen molar-refractivity contribution in [3.8, 4) is 0 Å². The van der Waals surface area contributed by atoms with Gasteiger partial charge in [-0.2, -0.15) is 0 Å². The second kappa shape index (κ2) is 9.02. The van der Waals surface area contributed by atoms with Crippen LogP contribution in [-0.4, -0.2) is 23.3 Å². The van der Waals surface area contributed by atoms with Crippen LogP contribution in [-0.2, 0) is 21.4 Å². The molecule has 0 atom stereocenters. The summed E-state index contributed by atoms with van der Waals surface area (Å²) in [5, 5.41) is 3.20. The van der Waals surface area contributed by atoms with Crippen LogP contribution in [0.25, 0.3) is 5.57 Å². The van der Waals surface area contributed by atoms with Gasteiger partial charge in [0.15, 0.2) is 0 Å². The summed E-state index contributed by atoms with van der Waals surface area (Å²) < 4.78 is 13.2. The van der Waals surface area contributed by atoms with Crippen molar-refractivity contribution >= 4 is 23.1 Å². The molecule has 1 heterocycles. The Hall–Kier alpha value is -3.73. The Balaban J connectivity index is 1.62. The average Bonchev–Trinajstić information content (AvgIpc) is 3.03. The normalized spacial score (nSPS) is 14.2. The lowest BCUT2D eigenvalue weighted by molar-refractivity contribution is -0.136. The molecule has 4 nitrogen and oxygen atoms in total. The van der Waals surface area contributed by atoms with Crippen molar-refractivity contribution in [1.82, 2.24) is 4.90 Å². The summed E-state index contributed by atoms with van der Waals surface area (Å²) >= 11 is 0. The summed E-state index contributed by atoms with van der Waals surface area (Å²) in [6, 6.07) is 23.2. The van der Waals surface area contributed by atoms with Gasteiger partial charge in [-0.05, 0) is 52.8 Å². The summed E-state index contributed by atoms with van der Waals surface area (Å²) in [5.41, 5.74) is 4.12. The smallest absolute Gasteiger partial charge is 0.278 e. The summed E-state index contributed by atoms with van der Waals surface area (Å²) in [7, 11) is 0. The minimum absolute atomic E-state index is 0.0172. The highest BCUT2D eigenvalue weighted by Gasteiger charge is 2.38. The molecule has 5 heteroatoms. The fourth-order valence-corrected chi connectivity index (χ4v) is 3.86. The summed E-state index contributed by atoms with van der Waals surface area (Å²) in [4.78, 5) is 27.9. The van der Waals surface area contributed by atoms with Gasteiger partial charge in [0.25, 0.3) is 11.8 Å². The van der Waals surface area contributed by atoms with Gasteiger partial charge in [0, 0.05) is 12.2 Å². The van der Waals surface area contributed by atoms with Gasteiger partial charge >= 0.3 is 0 Å². The van der Waals surface area contributed by atoms with Gasteiger partial charge in [-0.3, -0.25) is 14.5 Å². The van der Waals surface area contributed by atoms with E-state index < -0.39 is 0 Å². The molecule has 0 saturated heterocycles. The number of carbonyl (C=O) groups is 2. The molecule has 3 aromatic rings. The summed E-state index contributed by atoms with van der Waals surface area (Å²) in [5.74, 6) is -1.01. The van der Waals surface area contributed by atoms with Crippen molar-refractivity contribution in [2.24, 2.45) is 0 Å². The van der Waals surface area contributed by atoms with Crippen LogP contribution in [0.2, 0.25) is 0 Å². The number of hydrogen-bond donors (Lipinski definition) is 1. The quantitative estimate of drug-likeness (QED) is 0.509. The molecular weight excluding hydrogens is 415 g/mol. The lowest BCUT2D eigenvalue weighted by Crippen LogP contribution is -2.34. The molecule has 0 aromatic heterocycles. The first kappa shape index (κ1) is 22.5. The lowest BCUT2D eigenvalue weighted by atomic mass is 9.87. The second-order valence-electron chi connectivity index (χ2n) is 9.21. The number of nitrogens with zero attached hydrogens (tertiary/aromatic N) is 1. The lowest BCUT2D eigenvalue weighted by Gasteiger charge is -2.19. The molecule has 168 valence electrons. The van der Waals surface area contributed by atoms with Gasteiger partial charge in [-0.25, -0.2) is 4.39 Å². The number of nitrogens with one attached hydrogen (secondary N) is 1. The topological polar surface area (TPSA) is 49.4 Å². The number of halogens is 1. The van der Waals surface area contributed by atoms with E-state index in [9.17, 15) is 14.0 Å². The number of imide groups is 1. The van der Waals surface area contributed by atoms with Crippen LogP contribution < -0.4 is 5.32 Å². The average molecular weight is 443 g/mol. The molecule has 0 spiro atoms. The highest BCUT2D eigenvalue weighted by Crippen LogP contribution is 2.31. The zero-order valence-electron chi connectivity index (χ0n) is 19.1. The molecule has 0 radical (unpaired) electrons. The van der Waals surface area contributed by atoms with Crippen molar-refractivity contribution in [2.45, 2.75) is 32.6 Å². The van der Waals surface area contributed by atoms with Gasteiger partial charge < -0.3 is 5.32 Å². The van der Waals surface area contributed by atoms with Crippen LogP contribution in [0.4, 0.5) is 10.1 Å². The fourth-order valence-electron chi connectivity index (χ4n) is 3.86. The Morgan fingerprint density at radius 3 is 2.06 bits per heavy atom. The van der Waals surface area contributed by atoms with Crippen LogP contribution in [0.3, 0.4) is 0 Å². The Morgan fingerprint density at radius 2 is 1.45 bits per heavy atom. The van der Waals surface area contributed by atoms with E-state index in [1.807, 2.05) is 54.6 Å². The monoisotopic (exact) mass is 442 g/mol. The Morgan fingerprint density at radius 1 is 0.818 bits per heavy atom. The van der Waals surface area contributed by atoms with Crippen LogP contribution in [0.1, 0.15) is 37.5 Å². The minimum Gasteiger partial charge on any atom is -0.350 e. The Kier molecular flexibility index (Phi) is 6.14. The van der Waals surface area contributed by atoms with Crippen molar-refractivity contribution in [2.75, 3.05) is 11.9 Å². The summed E-state index contributed by atoms with van der Waals surface area (Å²) in [6.45, 7) is 6.64. The van der Waals surface area contributed by atoms with Crippen LogP contribution in [0.5, 0.6) is 0 Å². The largest absolute Gasteiger partial charge is 0.350 e. The second-order valence-corrected chi connectivity index (χ2v) is 9.21. The van der Waals surface area contributed by atoms with Crippen molar-refractivity contribution in [3.05, 3.63) is 107 Å². The molecule has 1 N–H and O–H groups in total. The molecule has 0 fully saturated rings. The molecule has 2 amide bonds. The predicted molar refractivity (Wildman–Crippen MR) is 129 cm³/mol. The molecule has 0 saturated carbocycles. The maximum Gasteiger partial charge on any atom is 0.278 e. The van der Waals surface area contributed by atoms with E-state index in [0.717, 1.165) is 11.3 Å². The number of benzene rings is 3. The maximum absolute atomic E-state index is 13.3. The third kappa shape index (κ3) is 4.87. The molecule has 3 aromatic carbocycles. The Labute approximate surface area is 193 Å². The van der Waals surface area contributed by atoms with Gasteiger partial charge in [0.05, 0.1) is 5.57 Å². The molecule has 0 unspecified atom stereocenters. The van der Waals surface area contributed by atoms with E-state index in [1.54, 1.807) is 12.1 Å². The zero-order valence-corrected chi connectivity index (χ0v) is 19.1. The van der Waals surface area contributed by atoms with E-state index in [1.165, 1.54) is 22.6 Å². The first-order valence-electron chi connectivity index (χ1n) is 11.0. The van der Waals surface area contributed by atoms with Gasteiger partial charge in [0.1, 0.15) is 11.5 Å². The maximum atomic E-state index is 13.3. The number of carbonyl (C=O) groups excluding carboxylic acids is 2. The molecule has 33 heavy (non-hydrogen) atoms. The van der Waals surface area contributed by atoms with Crippen molar-refractivity contribution in [3.63, 3.8) is 0 Å². The highest BCUT2D eigenvalue weighted by molar-refractivity contribution is 6.36.